The Morgan fingerprint density at radius 1 is 0.700 bits per heavy atom. The Balaban J connectivity index is 3.40. The summed E-state index contributed by atoms with van der Waals surface area (Å²) in [6, 6.07) is -3.82. The van der Waals surface area contributed by atoms with Crippen molar-refractivity contribution < 1.29 is 62.2 Å². The lowest BCUT2D eigenvalue weighted by Gasteiger charge is -2.24. The Hall–Kier alpha value is -2.69. The van der Waals surface area contributed by atoms with Gasteiger partial charge in [0.05, 0.1) is 0 Å². The molecule has 1 heterocycles. The summed E-state index contributed by atoms with van der Waals surface area (Å²) in [7, 11) is 0. The zero-order valence-electron chi connectivity index (χ0n) is 13.8. The minimum absolute atomic E-state index is 0.354. The maximum Gasteiger partial charge on any atom is 0.434 e. The van der Waals surface area contributed by atoms with E-state index in [0.29, 0.717) is 0 Å². The molecule has 0 aliphatic heterocycles. The molecule has 18 heteroatoms. The van der Waals surface area contributed by atoms with E-state index in [0.717, 1.165) is 6.08 Å². The van der Waals surface area contributed by atoms with E-state index in [-0.39, 0.29) is 6.54 Å². The molecule has 30 heavy (non-hydrogen) atoms. The van der Waals surface area contributed by atoms with Crippen LogP contribution < -0.4 is 14.8 Å². The number of anilines is 1. The highest BCUT2D eigenvalue weighted by molar-refractivity contribution is 5.28. The molecule has 0 spiro atoms. The van der Waals surface area contributed by atoms with Gasteiger partial charge in [0.25, 0.3) is 12.2 Å². The third kappa shape index (κ3) is 7.29. The van der Waals surface area contributed by atoms with Gasteiger partial charge in [0.15, 0.2) is 0 Å². The molecule has 0 bridgehead atoms. The van der Waals surface area contributed by atoms with E-state index >= 15 is 0 Å². The molecule has 0 radical (unpaired) electrons. The molecule has 0 unspecified atom stereocenters. The lowest BCUT2D eigenvalue weighted by atomic mass is 10.3. The highest BCUT2D eigenvalue weighted by Gasteiger charge is 2.61. The quantitative estimate of drug-likeness (QED) is 0.478. The van der Waals surface area contributed by atoms with Crippen molar-refractivity contribution in [2.45, 2.75) is 36.9 Å². The first kappa shape index (κ1) is 25.3. The number of rotatable bonds is 7. The first-order valence-corrected chi connectivity index (χ1v) is 7.06. The van der Waals surface area contributed by atoms with Crippen molar-refractivity contribution >= 4 is 5.95 Å². The Morgan fingerprint density at radius 2 is 1.03 bits per heavy atom. The van der Waals surface area contributed by atoms with Gasteiger partial charge in [0, 0.05) is 6.54 Å². The number of ether oxygens (including phenoxy) is 2. The Bertz CT molecular complexity index is 648. The molecular weight excluding hydrogens is 460 g/mol. The topological polar surface area (TPSA) is 69.2 Å². The van der Waals surface area contributed by atoms with E-state index in [4.69, 9.17) is 0 Å². The van der Waals surface area contributed by atoms with Gasteiger partial charge < -0.3 is 14.8 Å². The lowest BCUT2D eigenvalue weighted by molar-refractivity contribution is -0.302. The van der Waals surface area contributed by atoms with E-state index in [2.05, 4.69) is 31.0 Å². The summed E-state index contributed by atoms with van der Waals surface area (Å²) in [5.74, 6) is -1.05. The number of hydrogen-bond acceptors (Lipinski definition) is 6. The largest absolute Gasteiger partial charge is 0.440 e. The van der Waals surface area contributed by atoms with Gasteiger partial charge in [-0.3, -0.25) is 0 Å². The summed E-state index contributed by atoms with van der Waals surface area (Å²) < 4.78 is 158. The number of nitrogens with zero attached hydrogens (tertiary/aromatic N) is 3. The average molecular weight is 468 g/mol. The summed E-state index contributed by atoms with van der Waals surface area (Å²) in [5, 5.41) is 2.01. The SMILES string of the molecule is C=CCNc1nc(OC(C(F)(F)F)C(F)(F)F)nc(OC(C(F)(F)F)C(F)(F)F)n1. The standard InChI is InChI=1S/C12H8F12N4O2/c1-2-3-25-6-26-7(29-4(9(13,14)15)10(16,17)18)28-8(27-6)30-5(11(19,20)21)12(22,23)24/h2,4-5H,1,3H2,(H,25,26,27,28). The second-order valence-electron chi connectivity index (χ2n) is 5.06. The third-order valence-electron chi connectivity index (χ3n) is 2.63. The van der Waals surface area contributed by atoms with Crippen LogP contribution in [0.25, 0.3) is 0 Å². The molecular formula is C12H8F12N4O2. The van der Waals surface area contributed by atoms with Crippen LogP contribution in [-0.4, -0.2) is 58.4 Å². The highest BCUT2D eigenvalue weighted by Crippen LogP contribution is 2.38. The fourth-order valence-electron chi connectivity index (χ4n) is 1.54. The maximum atomic E-state index is 12.6. The van der Waals surface area contributed by atoms with Gasteiger partial charge in [0.1, 0.15) is 0 Å². The molecule has 0 aliphatic rings. The van der Waals surface area contributed by atoms with Gasteiger partial charge in [-0.1, -0.05) is 6.08 Å². The van der Waals surface area contributed by atoms with Crippen molar-refractivity contribution in [3.05, 3.63) is 12.7 Å². The molecule has 0 saturated carbocycles. The number of halogens is 12. The van der Waals surface area contributed by atoms with Crippen molar-refractivity contribution in [2.75, 3.05) is 11.9 Å². The minimum Gasteiger partial charge on any atom is -0.440 e. The van der Waals surface area contributed by atoms with Gasteiger partial charge in [-0.15, -0.1) is 11.6 Å². The van der Waals surface area contributed by atoms with Gasteiger partial charge >= 0.3 is 36.7 Å². The molecule has 1 aromatic rings. The highest BCUT2D eigenvalue weighted by atomic mass is 19.4. The van der Waals surface area contributed by atoms with Crippen LogP contribution in [-0.2, 0) is 0 Å². The van der Waals surface area contributed by atoms with Crippen LogP contribution in [0.1, 0.15) is 0 Å². The first-order valence-electron chi connectivity index (χ1n) is 7.06. The van der Waals surface area contributed by atoms with Crippen LogP contribution in [0.5, 0.6) is 12.0 Å². The third-order valence-corrected chi connectivity index (χ3v) is 2.63. The summed E-state index contributed by atoms with van der Waals surface area (Å²) in [6.07, 6.45) is -32.4. The van der Waals surface area contributed by atoms with Crippen molar-refractivity contribution in [3.63, 3.8) is 0 Å². The average Bonchev–Trinajstić information content (AvgIpc) is 2.51. The van der Waals surface area contributed by atoms with Gasteiger partial charge in [-0.05, 0) is 0 Å². The Morgan fingerprint density at radius 3 is 1.30 bits per heavy atom. The smallest absolute Gasteiger partial charge is 0.434 e. The Kier molecular flexibility index (Phi) is 7.25. The molecule has 0 atom stereocenters. The second kappa shape index (κ2) is 8.58. The van der Waals surface area contributed by atoms with Crippen LogP contribution in [0.2, 0.25) is 0 Å². The molecule has 0 fully saturated rings. The first-order chi connectivity index (χ1) is 13.4. The second-order valence-corrected chi connectivity index (χ2v) is 5.06. The van der Waals surface area contributed by atoms with Gasteiger partial charge in [0.2, 0.25) is 5.95 Å². The molecule has 1 aromatic heterocycles. The summed E-state index contributed by atoms with van der Waals surface area (Å²) >= 11 is 0. The molecule has 172 valence electrons. The van der Waals surface area contributed by atoms with Crippen LogP contribution in [0.4, 0.5) is 58.6 Å². The maximum absolute atomic E-state index is 12.6. The molecule has 6 nitrogen and oxygen atoms in total. The molecule has 0 saturated heterocycles. The molecule has 1 N–H and O–H groups in total. The van der Waals surface area contributed by atoms with E-state index in [1.165, 1.54) is 0 Å². The molecule has 0 amide bonds. The summed E-state index contributed by atoms with van der Waals surface area (Å²) in [4.78, 5) is 8.39. The van der Waals surface area contributed by atoms with E-state index in [9.17, 15) is 52.7 Å². The minimum atomic E-state index is -6.08. The fourth-order valence-corrected chi connectivity index (χ4v) is 1.54. The van der Waals surface area contributed by atoms with Gasteiger partial charge in [-0.2, -0.15) is 62.7 Å². The van der Waals surface area contributed by atoms with Crippen molar-refractivity contribution in [1.82, 2.24) is 15.0 Å². The van der Waals surface area contributed by atoms with Gasteiger partial charge in [-0.25, -0.2) is 0 Å². The zero-order chi connectivity index (χ0) is 23.5. The van der Waals surface area contributed by atoms with Crippen molar-refractivity contribution in [2.24, 2.45) is 0 Å². The monoisotopic (exact) mass is 468 g/mol. The van der Waals surface area contributed by atoms with Crippen LogP contribution in [0.15, 0.2) is 12.7 Å². The van der Waals surface area contributed by atoms with Crippen LogP contribution >= 0.6 is 0 Å². The van der Waals surface area contributed by atoms with Crippen LogP contribution in [0.3, 0.4) is 0 Å². The molecule has 0 aromatic carbocycles. The van der Waals surface area contributed by atoms with Crippen molar-refractivity contribution in [3.8, 4) is 12.0 Å². The normalized spacial score (nSPS) is 13.5. The Labute approximate surface area is 157 Å². The van der Waals surface area contributed by atoms with Crippen molar-refractivity contribution in [1.29, 1.82) is 0 Å². The number of nitrogens with one attached hydrogen (secondary N) is 1. The predicted molar refractivity (Wildman–Crippen MR) is 71.6 cm³/mol. The fraction of sp³-hybridized carbons (Fsp3) is 0.583. The van der Waals surface area contributed by atoms with E-state index in [1.54, 1.807) is 0 Å². The molecule has 1 rings (SSSR count). The number of hydrogen-bond donors (Lipinski definition) is 1. The summed E-state index contributed by atoms with van der Waals surface area (Å²) in [5.41, 5.74) is 0. The predicted octanol–water partition coefficient (Wildman–Crippen LogP) is 4.21. The number of alkyl halides is 12. The molecule has 0 aliphatic carbocycles. The van der Waals surface area contributed by atoms with E-state index < -0.39 is 54.9 Å². The van der Waals surface area contributed by atoms with E-state index in [1.807, 2.05) is 5.32 Å². The summed E-state index contributed by atoms with van der Waals surface area (Å²) in [6.45, 7) is 2.80. The zero-order valence-corrected chi connectivity index (χ0v) is 13.8. The number of aromatic nitrogens is 3. The lowest BCUT2D eigenvalue weighted by Crippen LogP contribution is -2.47. The van der Waals surface area contributed by atoms with Crippen LogP contribution in [0, 0.1) is 0 Å².